The molecule has 22 heavy (non-hydrogen) atoms. The minimum Gasteiger partial charge on any atom is -0.442 e. The van der Waals surface area contributed by atoms with Crippen LogP contribution in [0.1, 0.15) is 17.0 Å². The minimum atomic E-state index is -0.728. The van der Waals surface area contributed by atoms with Crippen molar-refractivity contribution in [2.45, 2.75) is 5.92 Å². The van der Waals surface area contributed by atoms with E-state index >= 15 is 0 Å². The Labute approximate surface area is 137 Å². The Balaban J connectivity index is 2.20. The van der Waals surface area contributed by atoms with Crippen LogP contribution >= 0.6 is 23.2 Å². The van der Waals surface area contributed by atoms with Crippen LogP contribution in [0.3, 0.4) is 0 Å². The van der Waals surface area contributed by atoms with Gasteiger partial charge >= 0.3 is 0 Å². The van der Waals surface area contributed by atoms with Crippen molar-refractivity contribution in [2.24, 2.45) is 5.92 Å². The van der Waals surface area contributed by atoms with E-state index < -0.39 is 5.92 Å². The monoisotopic (exact) mass is 331 g/mol. The van der Waals surface area contributed by atoms with Gasteiger partial charge in [0, 0.05) is 23.2 Å². The molecule has 2 aromatic rings. The Kier molecular flexibility index (Phi) is 3.69. The zero-order chi connectivity index (χ0) is 15.9. The van der Waals surface area contributed by atoms with Crippen LogP contribution in [0.25, 0.3) is 0 Å². The van der Waals surface area contributed by atoms with Gasteiger partial charge < -0.3 is 10.5 Å². The van der Waals surface area contributed by atoms with Gasteiger partial charge in [0.25, 0.3) is 0 Å². The Morgan fingerprint density at radius 1 is 1.14 bits per heavy atom. The summed E-state index contributed by atoms with van der Waals surface area (Å²) in [5.74, 6) is -0.686. The predicted octanol–water partition coefficient (Wildman–Crippen LogP) is 4.22. The average molecular weight is 332 g/mol. The summed E-state index contributed by atoms with van der Waals surface area (Å²) in [6.45, 7) is 0. The number of halogens is 2. The molecule has 4 nitrogen and oxygen atoms in total. The fraction of sp³-hybridized carbons (Fsp3) is 0.125. The largest absolute Gasteiger partial charge is 0.442 e. The van der Waals surface area contributed by atoms with Crippen molar-refractivity contribution in [3.63, 3.8) is 0 Å². The van der Waals surface area contributed by atoms with E-state index in [0.29, 0.717) is 21.5 Å². The summed E-state index contributed by atoms with van der Waals surface area (Å²) >= 11 is 12.1. The first kappa shape index (κ1) is 14.7. The molecule has 2 atom stereocenters. The molecule has 0 amide bonds. The van der Waals surface area contributed by atoms with Gasteiger partial charge in [0.1, 0.15) is 11.7 Å². The third-order valence-electron chi connectivity index (χ3n) is 3.65. The standard InChI is InChI=1S/C16H11Cl2N3O/c17-12-4-1-8(5-13(12)18)15-10-3-2-9(20)6-14(10)22-16(21)11(15)7-19/h1-6,11,15,21H,20H2. The molecular formula is C16H11Cl2N3O. The molecule has 0 saturated carbocycles. The van der Waals surface area contributed by atoms with Crippen LogP contribution in [0, 0.1) is 22.7 Å². The molecule has 2 aromatic carbocycles. The highest BCUT2D eigenvalue weighted by Crippen LogP contribution is 2.43. The predicted molar refractivity (Wildman–Crippen MR) is 86.6 cm³/mol. The second kappa shape index (κ2) is 5.53. The highest BCUT2D eigenvalue weighted by atomic mass is 35.5. The van der Waals surface area contributed by atoms with Gasteiger partial charge in [-0.3, -0.25) is 5.41 Å². The molecular weight excluding hydrogens is 321 g/mol. The smallest absolute Gasteiger partial charge is 0.205 e. The molecule has 0 radical (unpaired) electrons. The first-order valence-electron chi connectivity index (χ1n) is 6.51. The van der Waals surface area contributed by atoms with E-state index in [1.807, 2.05) is 12.1 Å². The van der Waals surface area contributed by atoms with Crippen LogP contribution in [0.4, 0.5) is 5.69 Å². The summed E-state index contributed by atoms with van der Waals surface area (Å²) < 4.78 is 5.44. The molecule has 6 heteroatoms. The van der Waals surface area contributed by atoms with Gasteiger partial charge in [-0.1, -0.05) is 35.3 Å². The van der Waals surface area contributed by atoms with Crippen molar-refractivity contribution < 1.29 is 4.74 Å². The van der Waals surface area contributed by atoms with Crippen LogP contribution < -0.4 is 10.5 Å². The number of nitrogens with two attached hydrogens (primary N) is 1. The lowest BCUT2D eigenvalue weighted by atomic mass is 9.79. The average Bonchev–Trinajstić information content (AvgIpc) is 2.48. The van der Waals surface area contributed by atoms with Gasteiger partial charge in [-0.05, 0) is 23.8 Å². The van der Waals surface area contributed by atoms with Crippen LogP contribution in [0.15, 0.2) is 36.4 Å². The molecule has 110 valence electrons. The van der Waals surface area contributed by atoms with Crippen molar-refractivity contribution in [3.8, 4) is 11.8 Å². The van der Waals surface area contributed by atoms with E-state index in [-0.39, 0.29) is 11.8 Å². The molecule has 2 unspecified atom stereocenters. The topological polar surface area (TPSA) is 82.9 Å². The molecule has 3 rings (SSSR count). The molecule has 3 N–H and O–H groups in total. The molecule has 0 fully saturated rings. The number of ether oxygens (including phenoxy) is 1. The number of hydrogen-bond acceptors (Lipinski definition) is 4. The maximum atomic E-state index is 9.44. The summed E-state index contributed by atoms with van der Waals surface area (Å²) in [6.07, 6.45) is 0. The Hall–Kier alpha value is -2.22. The lowest BCUT2D eigenvalue weighted by Crippen LogP contribution is -2.31. The maximum Gasteiger partial charge on any atom is 0.205 e. The van der Waals surface area contributed by atoms with Gasteiger partial charge in [-0.15, -0.1) is 0 Å². The zero-order valence-electron chi connectivity index (χ0n) is 11.3. The van der Waals surface area contributed by atoms with Crippen molar-refractivity contribution >= 4 is 34.8 Å². The maximum absolute atomic E-state index is 9.44. The number of anilines is 1. The Bertz CT molecular complexity index is 814. The van der Waals surface area contributed by atoms with Gasteiger partial charge in [-0.2, -0.15) is 5.26 Å². The lowest BCUT2D eigenvalue weighted by Gasteiger charge is -2.30. The number of rotatable bonds is 1. The van der Waals surface area contributed by atoms with Crippen LogP contribution in [-0.2, 0) is 0 Å². The minimum absolute atomic E-state index is 0.100. The van der Waals surface area contributed by atoms with Gasteiger partial charge in [0.2, 0.25) is 5.90 Å². The number of fused-ring (bicyclic) bond motifs is 1. The SMILES string of the molecule is N#CC1C(=N)Oc2cc(N)ccc2C1c1ccc(Cl)c(Cl)c1. The second-order valence-electron chi connectivity index (χ2n) is 5.02. The molecule has 1 aliphatic heterocycles. The highest BCUT2D eigenvalue weighted by Gasteiger charge is 2.37. The molecule has 0 spiro atoms. The zero-order valence-corrected chi connectivity index (χ0v) is 12.8. The number of nitriles is 1. The summed E-state index contributed by atoms with van der Waals surface area (Å²) in [6, 6.07) is 12.6. The van der Waals surface area contributed by atoms with Gasteiger partial charge in [0.05, 0.1) is 16.1 Å². The number of nitrogen functional groups attached to an aromatic ring is 1. The fourth-order valence-corrected chi connectivity index (χ4v) is 2.93. The molecule has 0 bridgehead atoms. The quantitative estimate of drug-likeness (QED) is 0.767. The number of hydrogen-bond donors (Lipinski definition) is 2. The summed E-state index contributed by atoms with van der Waals surface area (Å²) in [5.41, 5.74) is 7.91. The molecule has 0 saturated heterocycles. The number of nitrogens with one attached hydrogen (secondary N) is 1. The Morgan fingerprint density at radius 3 is 2.59 bits per heavy atom. The van der Waals surface area contributed by atoms with Crippen LogP contribution in [-0.4, -0.2) is 5.90 Å². The fourth-order valence-electron chi connectivity index (χ4n) is 2.62. The molecule has 0 aliphatic carbocycles. The first-order valence-corrected chi connectivity index (χ1v) is 7.27. The number of benzene rings is 2. The summed E-state index contributed by atoms with van der Waals surface area (Å²) in [5, 5.41) is 18.3. The van der Waals surface area contributed by atoms with E-state index in [2.05, 4.69) is 6.07 Å². The third-order valence-corrected chi connectivity index (χ3v) is 4.39. The van der Waals surface area contributed by atoms with E-state index in [1.54, 1.807) is 24.3 Å². The molecule has 1 aliphatic rings. The van der Waals surface area contributed by atoms with E-state index in [9.17, 15) is 5.26 Å². The van der Waals surface area contributed by atoms with Crippen LogP contribution in [0.5, 0.6) is 5.75 Å². The summed E-state index contributed by atoms with van der Waals surface area (Å²) in [4.78, 5) is 0. The van der Waals surface area contributed by atoms with Crippen molar-refractivity contribution in [3.05, 3.63) is 57.6 Å². The highest BCUT2D eigenvalue weighted by molar-refractivity contribution is 6.42. The van der Waals surface area contributed by atoms with Crippen molar-refractivity contribution in [1.29, 1.82) is 10.7 Å². The summed E-state index contributed by atoms with van der Waals surface area (Å²) in [7, 11) is 0. The van der Waals surface area contributed by atoms with Crippen molar-refractivity contribution in [1.82, 2.24) is 0 Å². The van der Waals surface area contributed by atoms with E-state index in [1.165, 1.54) is 0 Å². The first-order chi connectivity index (χ1) is 10.5. The van der Waals surface area contributed by atoms with E-state index in [0.717, 1.165) is 11.1 Å². The molecule has 1 heterocycles. The second-order valence-corrected chi connectivity index (χ2v) is 5.84. The number of nitrogens with zero attached hydrogens (tertiary/aromatic N) is 1. The van der Waals surface area contributed by atoms with Gasteiger partial charge in [0.15, 0.2) is 0 Å². The third kappa shape index (κ3) is 2.39. The van der Waals surface area contributed by atoms with Gasteiger partial charge in [-0.25, -0.2) is 0 Å². The van der Waals surface area contributed by atoms with Crippen LogP contribution in [0.2, 0.25) is 10.0 Å². The van der Waals surface area contributed by atoms with E-state index in [4.69, 9.17) is 39.1 Å². The van der Waals surface area contributed by atoms with Crippen molar-refractivity contribution in [2.75, 3.05) is 5.73 Å². The Morgan fingerprint density at radius 2 is 1.91 bits per heavy atom. The lowest BCUT2D eigenvalue weighted by molar-refractivity contribution is 0.451. The molecule has 0 aromatic heterocycles. The normalized spacial score (nSPS) is 20.0.